The number of benzene rings is 3. The van der Waals surface area contributed by atoms with Crippen LogP contribution in [0.15, 0.2) is 66.7 Å². The fourth-order valence-electron chi connectivity index (χ4n) is 3.16. The molecule has 0 unspecified atom stereocenters. The Morgan fingerprint density at radius 1 is 0.857 bits per heavy atom. The highest BCUT2D eigenvalue weighted by molar-refractivity contribution is 7.92. The highest BCUT2D eigenvalue weighted by atomic mass is 32.2. The predicted octanol–water partition coefficient (Wildman–Crippen LogP) is 5.20. The van der Waals surface area contributed by atoms with Crippen LogP contribution >= 0.6 is 0 Å². The van der Waals surface area contributed by atoms with Crippen LogP contribution in [0.4, 0.5) is 17.1 Å². The van der Waals surface area contributed by atoms with Gasteiger partial charge >= 0.3 is 0 Å². The molecule has 1 aromatic heterocycles. The first-order valence-corrected chi connectivity index (χ1v) is 10.8. The minimum absolute atomic E-state index is 0.0431. The summed E-state index contributed by atoms with van der Waals surface area (Å²) in [6, 6.07) is 21.5. The van der Waals surface area contributed by atoms with Crippen molar-refractivity contribution in [3.05, 3.63) is 72.3 Å². The van der Waals surface area contributed by atoms with Gasteiger partial charge in [-0.25, -0.2) is 13.4 Å². The number of para-hydroxylation sites is 1. The molecule has 0 bridgehead atoms. The molecule has 0 saturated carbocycles. The lowest BCUT2D eigenvalue weighted by atomic mass is 10.1. The van der Waals surface area contributed by atoms with Crippen molar-refractivity contribution in [3.8, 4) is 0 Å². The molecule has 0 radical (unpaired) electrons. The quantitative estimate of drug-likeness (QED) is 0.459. The Morgan fingerprint density at radius 2 is 1.54 bits per heavy atom. The topological polar surface area (TPSA) is 71.1 Å². The van der Waals surface area contributed by atoms with Crippen molar-refractivity contribution in [1.82, 2.24) is 4.98 Å². The molecular weight excluding hydrogens is 370 g/mol. The molecule has 2 N–H and O–H groups in total. The minimum Gasteiger partial charge on any atom is -0.354 e. The molecule has 0 atom stereocenters. The molecule has 0 amide bonds. The third kappa shape index (κ3) is 3.64. The van der Waals surface area contributed by atoms with Crippen molar-refractivity contribution >= 4 is 48.9 Å². The van der Waals surface area contributed by atoms with Crippen LogP contribution in [0.3, 0.4) is 0 Å². The molecule has 0 aliphatic heterocycles. The number of hydrogen-bond donors (Lipinski definition) is 2. The Balaban J connectivity index is 1.76. The summed E-state index contributed by atoms with van der Waals surface area (Å²) in [5, 5.41) is 5.57. The molecule has 0 spiro atoms. The maximum atomic E-state index is 11.7. The van der Waals surface area contributed by atoms with Crippen LogP contribution in [0.25, 0.3) is 21.8 Å². The van der Waals surface area contributed by atoms with Crippen molar-refractivity contribution in [2.45, 2.75) is 13.8 Å². The lowest BCUT2D eigenvalue weighted by Gasteiger charge is -2.14. The molecule has 5 nitrogen and oxygen atoms in total. The number of anilines is 3. The molecule has 0 fully saturated rings. The normalized spacial score (nSPS) is 11.6. The van der Waals surface area contributed by atoms with E-state index in [-0.39, 0.29) is 5.75 Å². The van der Waals surface area contributed by atoms with Crippen molar-refractivity contribution in [2.24, 2.45) is 0 Å². The maximum absolute atomic E-state index is 11.7. The zero-order chi connectivity index (χ0) is 19.7. The van der Waals surface area contributed by atoms with Gasteiger partial charge in [-0.2, -0.15) is 0 Å². The number of rotatable bonds is 5. The van der Waals surface area contributed by atoms with E-state index >= 15 is 0 Å². The Labute approximate surface area is 164 Å². The van der Waals surface area contributed by atoms with E-state index in [4.69, 9.17) is 4.98 Å². The largest absolute Gasteiger partial charge is 0.354 e. The highest BCUT2D eigenvalue weighted by Gasteiger charge is 2.10. The van der Waals surface area contributed by atoms with E-state index in [9.17, 15) is 8.42 Å². The summed E-state index contributed by atoms with van der Waals surface area (Å²) in [4.78, 5) is 4.79. The number of fused-ring (bicyclic) bond motifs is 2. The van der Waals surface area contributed by atoms with Gasteiger partial charge in [-0.3, -0.25) is 4.72 Å². The predicted molar refractivity (Wildman–Crippen MR) is 117 cm³/mol. The van der Waals surface area contributed by atoms with Gasteiger partial charge in [0.15, 0.2) is 0 Å². The summed E-state index contributed by atoms with van der Waals surface area (Å²) in [5.74, 6) is 0.0431. The standard InChI is InChI=1S/C22H21N3O2S/c1-3-28(26,27)25-17-11-9-16(10-12-17)23-22-18-6-4-5-7-20(18)24-21-14-15(2)8-13-19(21)22/h4-14,25H,3H2,1-2H3,(H,23,24). The van der Waals surface area contributed by atoms with Crippen LogP contribution in [0.5, 0.6) is 0 Å². The monoisotopic (exact) mass is 391 g/mol. The summed E-state index contributed by atoms with van der Waals surface area (Å²) in [7, 11) is -3.28. The van der Waals surface area contributed by atoms with Gasteiger partial charge in [0.05, 0.1) is 22.5 Å². The molecule has 3 aromatic carbocycles. The number of aryl methyl sites for hydroxylation is 1. The van der Waals surface area contributed by atoms with Gasteiger partial charge in [-0.15, -0.1) is 0 Å². The van der Waals surface area contributed by atoms with Crippen LogP contribution < -0.4 is 10.0 Å². The molecule has 4 rings (SSSR count). The summed E-state index contributed by atoms with van der Waals surface area (Å²) in [6.07, 6.45) is 0. The maximum Gasteiger partial charge on any atom is 0.232 e. The van der Waals surface area contributed by atoms with Crippen LogP contribution in [-0.4, -0.2) is 19.2 Å². The van der Waals surface area contributed by atoms with E-state index < -0.39 is 10.0 Å². The number of nitrogens with zero attached hydrogens (tertiary/aromatic N) is 1. The number of pyridine rings is 1. The number of sulfonamides is 1. The summed E-state index contributed by atoms with van der Waals surface area (Å²) in [5.41, 5.74) is 5.44. The van der Waals surface area contributed by atoms with E-state index in [1.165, 1.54) is 0 Å². The lowest BCUT2D eigenvalue weighted by Crippen LogP contribution is -2.14. The van der Waals surface area contributed by atoms with E-state index in [0.29, 0.717) is 5.69 Å². The first-order valence-electron chi connectivity index (χ1n) is 9.12. The zero-order valence-electron chi connectivity index (χ0n) is 15.7. The van der Waals surface area contributed by atoms with Gasteiger partial charge in [0.25, 0.3) is 0 Å². The molecule has 6 heteroatoms. The number of nitrogens with one attached hydrogen (secondary N) is 2. The third-order valence-electron chi connectivity index (χ3n) is 4.64. The Bertz CT molecular complexity index is 1270. The second-order valence-corrected chi connectivity index (χ2v) is 8.74. The van der Waals surface area contributed by atoms with Crippen LogP contribution in [-0.2, 0) is 10.0 Å². The highest BCUT2D eigenvalue weighted by Crippen LogP contribution is 2.33. The van der Waals surface area contributed by atoms with Crippen LogP contribution in [0, 0.1) is 6.92 Å². The van der Waals surface area contributed by atoms with Crippen molar-refractivity contribution in [2.75, 3.05) is 15.8 Å². The van der Waals surface area contributed by atoms with Gasteiger partial charge in [0.2, 0.25) is 10.0 Å². The number of aromatic nitrogens is 1. The Kier molecular flexibility index (Phi) is 4.65. The second-order valence-electron chi connectivity index (χ2n) is 6.73. The molecule has 28 heavy (non-hydrogen) atoms. The van der Waals surface area contributed by atoms with E-state index in [2.05, 4.69) is 35.2 Å². The minimum atomic E-state index is -3.28. The molecule has 4 aromatic rings. The average Bonchev–Trinajstić information content (AvgIpc) is 2.69. The first-order chi connectivity index (χ1) is 13.4. The van der Waals surface area contributed by atoms with Gasteiger partial charge in [-0.05, 0) is 55.8 Å². The van der Waals surface area contributed by atoms with E-state index in [1.54, 1.807) is 19.1 Å². The first kappa shape index (κ1) is 18.3. The average molecular weight is 391 g/mol. The van der Waals surface area contributed by atoms with Crippen LogP contribution in [0.1, 0.15) is 12.5 Å². The zero-order valence-corrected chi connectivity index (χ0v) is 16.5. The smallest absolute Gasteiger partial charge is 0.232 e. The molecular formula is C22H21N3O2S. The SMILES string of the molecule is CCS(=O)(=O)Nc1ccc(Nc2c3ccccc3nc3cc(C)ccc23)cc1. The fourth-order valence-corrected chi connectivity index (χ4v) is 3.79. The summed E-state index contributed by atoms with van der Waals surface area (Å²) in [6.45, 7) is 3.67. The molecule has 0 saturated heterocycles. The summed E-state index contributed by atoms with van der Waals surface area (Å²) < 4.78 is 26.0. The van der Waals surface area contributed by atoms with Gasteiger partial charge in [-0.1, -0.05) is 30.3 Å². The third-order valence-corrected chi connectivity index (χ3v) is 5.95. The second kappa shape index (κ2) is 7.13. The lowest BCUT2D eigenvalue weighted by molar-refractivity contribution is 0.602. The fraction of sp³-hybridized carbons (Fsp3) is 0.136. The van der Waals surface area contributed by atoms with E-state index in [0.717, 1.165) is 38.7 Å². The van der Waals surface area contributed by atoms with Gasteiger partial charge < -0.3 is 5.32 Å². The molecule has 142 valence electrons. The van der Waals surface area contributed by atoms with Crippen molar-refractivity contribution in [3.63, 3.8) is 0 Å². The summed E-state index contributed by atoms with van der Waals surface area (Å²) >= 11 is 0. The van der Waals surface area contributed by atoms with Gasteiger partial charge in [0, 0.05) is 22.1 Å². The molecule has 0 aliphatic carbocycles. The van der Waals surface area contributed by atoms with Gasteiger partial charge in [0.1, 0.15) is 0 Å². The van der Waals surface area contributed by atoms with Crippen molar-refractivity contribution < 1.29 is 8.42 Å². The number of hydrogen-bond acceptors (Lipinski definition) is 4. The molecule has 0 aliphatic rings. The molecule has 1 heterocycles. The Morgan fingerprint density at radius 3 is 2.29 bits per heavy atom. The van der Waals surface area contributed by atoms with E-state index in [1.807, 2.05) is 36.4 Å². The van der Waals surface area contributed by atoms with Crippen LogP contribution in [0.2, 0.25) is 0 Å². The van der Waals surface area contributed by atoms with Crippen molar-refractivity contribution in [1.29, 1.82) is 0 Å². The Hall–Kier alpha value is -3.12.